The van der Waals surface area contributed by atoms with Crippen LogP contribution in [-0.2, 0) is 6.54 Å². The predicted molar refractivity (Wildman–Crippen MR) is 81.2 cm³/mol. The number of anilines is 1. The number of nitro benzene ring substituents is 2. The number of nitro groups is 2. The molecule has 0 radical (unpaired) electrons. The highest BCUT2D eigenvalue weighted by Gasteiger charge is 2.19. The van der Waals surface area contributed by atoms with Gasteiger partial charge < -0.3 is 5.32 Å². The van der Waals surface area contributed by atoms with E-state index in [0.717, 1.165) is 16.2 Å². The zero-order valence-corrected chi connectivity index (χ0v) is 12.2. The van der Waals surface area contributed by atoms with Gasteiger partial charge in [0.25, 0.3) is 11.4 Å². The van der Waals surface area contributed by atoms with E-state index in [-0.39, 0.29) is 17.9 Å². The van der Waals surface area contributed by atoms with Gasteiger partial charge in [0.15, 0.2) is 0 Å². The Labute approximate surface area is 128 Å². The third-order valence-corrected chi connectivity index (χ3v) is 3.51. The van der Waals surface area contributed by atoms with Crippen LogP contribution in [0, 0.1) is 20.2 Å². The first-order valence-electron chi connectivity index (χ1n) is 5.89. The maximum atomic E-state index is 11.0. The molecular weight excluding hydrogens is 342 g/mol. The molecule has 2 aromatic carbocycles. The van der Waals surface area contributed by atoms with Gasteiger partial charge in [-0.3, -0.25) is 20.2 Å². The molecule has 8 heteroatoms. The van der Waals surface area contributed by atoms with E-state index in [2.05, 4.69) is 21.2 Å². The van der Waals surface area contributed by atoms with Crippen LogP contribution in [0.1, 0.15) is 5.56 Å². The van der Waals surface area contributed by atoms with Crippen LogP contribution in [0.2, 0.25) is 0 Å². The molecule has 0 aliphatic carbocycles. The fourth-order valence-electron chi connectivity index (χ4n) is 1.78. The van der Waals surface area contributed by atoms with Crippen molar-refractivity contribution < 1.29 is 9.85 Å². The van der Waals surface area contributed by atoms with Crippen molar-refractivity contribution in [3.05, 3.63) is 72.7 Å². The second-order valence-corrected chi connectivity index (χ2v) is 5.01. The summed E-state index contributed by atoms with van der Waals surface area (Å²) in [5, 5.41) is 24.7. The summed E-state index contributed by atoms with van der Waals surface area (Å²) in [6.07, 6.45) is 0. The topological polar surface area (TPSA) is 98.3 Å². The highest BCUT2D eigenvalue weighted by molar-refractivity contribution is 9.10. The van der Waals surface area contributed by atoms with E-state index >= 15 is 0 Å². The molecular formula is C13H10BrN3O4. The fourth-order valence-corrected chi connectivity index (χ4v) is 2.21. The van der Waals surface area contributed by atoms with Crippen LogP contribution >= 0.6 is 15.9 Å². The van der Waals surface area contributed by atoms with Gasteiger partial charge in [-0.1, -0.05) is 12.1 Å². The summed E-state index contributed by atoms with van der Waals surface area (Å²) >= 11 is 3.36. The Bertz CT molecular complexity index is 706. The van der Waals surface area contributed by atoms with Crippen molar-refractivity contribution in [1.82, 2.24) is 0 Å². The van der Waals surface area contributed by atoms with E-state index in [1.165, 1.54) is 12.1 Å². The molecule has 0 heterocycles. The van der Waals surface area contributed by atoms with Gasteiger partial charge >= 0.3 is 0 Å². The van der Waals surface area contributed by atoms with E-state index in [9.17, 15) is 20.2 Å². The minimum Gasteiger partial charge on any atom is -0.380 e. The molecule has 21 heavy (non-hydrogen) atoms. The molecule has 0 aliphatic rings. The normalized spacial score (nSPS) is 10.1. The number of nitrogens with zero attached hydrogens (tertiary/aromatic N) is 2. The highest BCUT2D eigenvalue weighted by Crippen LogP contribution is 2.27. The zero-order chi connectivity index (χ0) is 15.4. The minimum absolute atomic E-state index is 0.191. The predicted octanol–water partition coefficient (Wildman–Crippen LogP) is 3.88. The van der Waals surface area contributed by atoms with Gasteiger partial charge in [-0.25, -0.2) is 0 Å². The number of hydrogen-bond acceptors (Lipinski definition) is 5. The molecule has 0 unspecified atom stereocenters. The van der Waals surface area contributed by atoms with Gasteiger partial charge in [-0.2, -0.15) is 0 Å². The second-order valence-electron chi connectivity index (χ2n) is 4.16. The van der Waals surface area contributed by atoms with Gasteiger partial charge in [0, 0.05) is 28.3 Å². The van der Waals surface area contributed by atoms with Crippen molar-refractivity contribution in [2.24, 2.45) is 0 Å². The number of benzene rings is 2. The van der Waals surface area contributed by atoms with E-state index in [0.29, 0.717) is 5.56 Å². The quantitative estimate of drug-likeness (QED) is 0.650. The Kier molecular flexibility index (Phi) is 4.49. The SMILES string of the molecule is O=[N+]([O-])c1ccc(CNc2ccccc2Br)c([N+](=O)[O-])c1. The summed E-state index contributed by atoms with van der Waals surface area (Å²) in [4.78, 5) is 20.4. The summed E-state index contributed by atoms with van der Waals surface area (Å²) in [5.41, 5.74) is 0.585. The van der Waals surface area contributed by atoms with Crippen molar-refractivity contribution in [2.75, 3.05) is 5.32 Å². The molecule has 108 valence electrons. The first kappa shape index (κ1) is 14.9. The lowest BCUT2D eigenvalue weighted by molar-refractivity contribution is -0.394. The van der Waals surface area contributed by atoms with Gasteiger partial charge in [-0.05, 0) is 34.1 Å². The molecule has 2 aromatic rings. The molecule has 0 amide bonds. The monoisotopic (exact) mass is 351 g/mol. The minimum atomic E-state index is -0.655. The lowest BCUT2D eigenvalue weighted by atomic mass is 10.1. The van der Waals surface area contributed by atoms with Crippen LogP contribution in [-0.4, -0.2) is 9.85 Å². The maximum Gasteiger partial charge on any atom is 0.281 e. The first-order chi connectivity index (χ1) is 9.99. The molecule has 0 saturated heterocycles. The van der Waals surface area contributed by atoms with Crippen LogP contribution in [0.4, 0.5) is 17.1 Å². The Hall–Kier alpha value is -2.48. The van der Waals surface area contributed by atoms with Gasteiger partial charge in [0.2, 0.25) is 0 Å². The maximum absolute atomic E-state index is 11.0. The van der Waals surface area contributed by atoms with Crippen molar-refractivity contribution in [3.63, 3.8) is 0 Å². The molecule has 1 N–H and O–H groups in total. The van der Waals surface area contributed by atoms with Crippen molar-refractivity contribution in [2.45, 2.75) is 6.54 Å². The summed E-state index contributed by atoms with van der Waals surface area (Å²) in [7, 11) is 0. The number of rotatable bonds is 5. The number of non-ortho nitro benzene ring substituents is 1. The molecule has 0 aliphatic heterocycles. The molecule has 0 atom stereocenters. The van der Waals surface area contributed by atoms with Crippen molar-refractivity contribution in [3.8, 4) is 0 Å². The number of halogens is 1. The van der Waals surface area contributed by atoms with Crippen molar-refractivity contribution >= 4 is 33.0 Å². The number of nitrogens with one attached hydrogen (secondary N) is 1. The summed E-state index contributed by atoms with van der Waals surface area (Å²) < 4.78 is 0.828. The second kappa shape index (κ2) is 6.31. The third kappa shape index (κ3) is 3.54. The van der Waals surface area contributed by atoms with Gasteiger partial charge in [0.1, 0.15) is 0 Å². The molecule has 7 nitrogen and oxygen atoms in total. The average molecular weight is 352 g/mol. The number of para-hydroxylation sites is 1. The van der Waals surface area contributed by atoms with Crippen LogP contribution in [0.3, 0.4) is 0 Å². The average Bonchev–Trinajstić information content (AvgIpc) is 2.46. The van der Waals surface area contributed by atoms with E-state index < -0.39 is 9.85 Å². The van der Waals surface area contributed by atoms with E-state index in [4.69, 9.17) is 0 Å². The van der Waals surface area contributed by atoms with Crippen LogP contribution < -0.4 is 5.32 Å². The Morgan fingerprint density at radius 3 is 2.38 bits per heavy atom. The van der Waals surface area contributed by atoms with E-state index in [1.807, 2.05) is 24.3 Å². The lowest BCUT2D eigenvalue weighted by Gasteiger charge is -2.08. The largest absolute Gasteiger partial charge is 0.380 e. The van der Waals surface area contributed by atoms with Gasteiger partial charge in [0.05, 0.1) is 15.9 Å². The zero-order valence-electron chi connectivity index (χ0n) is 10.7. The lowest BCUT2D eigenvalue weighted by Crippen LogP contribution is -2.04. The van der Waals surface area contributed by atoms with Crippen molar-refractivity contribution in [1.29, 1.82) is 0 Å². The highest BCUT2D eigenvalue weighted by atomic mass is 79.9. The fraction of sp³-hybridized carbons (Fsp3) is 0.0769. The Balaban J connectivity index is 2.26. The van der Waals surface area contributed by atoms with Crippen LogP contribution in [0.5, 0.6) is 0 Å². The molecule has 0 spiro atoms. The Morgan fingerprint density at radius 1 is 1.05 bits per heavy atom. The molecule has 0 bridgehead atoms. The van der Waals surface area contributed by atoms with Crippen LogP contribution in [0.25, 0.3) is 0 Å². The summed E-state index contributed by atoms with van der Waals surface area (Å²) in [6.45, 7) is 0.191. The number of hydrogen-bond donors (Lipinski definition) is 1. The summed E-state index contributed by atoms with van der Waals surface area (Å²) in [6, 6.07) is 11.0. The third-order valence-electron chi connectivity index (χ3n) is 2.82. The standard InChI is InChI=1S/C13H10BrN3O4/c14-11-3-1-2-4-12(11)15-8-9-5-6-10(16(18)19)7-13(9)17(20)21/h1-7,15H,8H2. The van der Waals surface area contributed by atoms with Gasteiger partial charge in [-0.15, -0.1) is 0 Å². The summed E-state index contributed by atoms with van der Waals surface area (Å²) in [5.74, 6) is 0. The Morgan fingerprint density at radius 2 is 1.76 bits per heavy atom. The van der Waals surface area contributed by atoms with E-state index in [1.54, 1.807) is 0 Å². The molecule has 2 rings (SSSR count). The molecule has 0 aromatic heterocycles. The molecule has 0 fully saturated rings. The smallest absolute Gasteiger partial charge is 0.281 e. The van der Waals surface area contributed by atoms with Crippen LogP contribution in [0.15, 0.2) is 46.9 Å². The molecule has 0 saturated carbocycles. The first-order valence-corrected chi connectivity index (χ1v) is 6.68.